The van der Waals surface area contributed by atoms with Crippen LogP contribution in [0.15, 0.2) is 59.8 Å². The van der Waals surface area contributed by atoms with Gasteiger partial charge in [0.2, 0.25) is 5.91 Å². The van der Waals surface area contributed by atoms with Gasteiger partial charge in [0.25, 0.3) is 0 Å². The third kappa shape index (κ3) is 5.39. The molecule has 0 aliphatic carbocycles. The van der Waals surface area contributed by atoms with Crippen molar-refractivity contribution >= 4 is 58.2 Å². The molecule has 1 heterocycles. The molecule has 1 aromatic heterocycles. The number of anilines is 1. The van der Waals surface area contributed by atoms with Crippen molar-refractivity contribution in [2.24, 2.45) is 0 Å². The number of carbonyl (C=O) groups excluding carboxylic acids is 1. The molecule has 0 atom stereocenters. The van der Waals surface area contributed by atoms with E-state index in [1.807, 2.05) is 32.0 Å². The van der Waals surface area contributed by atoms with Crippen LogP contribution in [0.1, 0.15) is 11.1 Å². The van der Waals surface area contributed by atoms with E-state index in [2.05, 4.69) is 15.5 Å². The minimum atomic E-state index is -0.550. The van der Waals surface area contributed by atoms with Crippen LogP contribution in [0.25, 0.3) is 17.1 Å². The molecule has 174 valence electrons. The molecule has 4 rings (SSSR count). The van der Waals surface area contributed by atoms with E-state index in [0.717, 1.165) is 11.1 Å². The average molecular weight is 536 g/mol. The summed E-state index contributed by atoms with van der Waals surface area (Å²) in [5.74, 6) is -0.270. The highest BCUT2D eigenvalue weighted by molar-refractivity contribution is 7.99. The molecule has 10 heteroatoms. The largest absolute Gasteiger partial charge is 0.325 e. The van der Waals surface area contributed by atoms with E-state index in [9.17, 15) is 9.18 Å². The van der Waals surface area contributed by atoms with Crippen molar-refractivity contribution < 1.29 is 9.18 Å². The molecule has 4 aromatic rings. The normalized spacial score (nSPS) is 11.0. The van der Waals surface area contributed by atoms with Crippen LogP contribution < -0.4 is 5.32 Å². The lowest BCUT2D eigenvalue weighted by Gasteiger charge is -2.12. The molecule has 0 spiro atoms. The fraction of sp³-hybridized carbons (Fsp3) is 0.125. The lowest BCUT2D eigenvalue weighted by molar-refractivity contribution is -0.113. The number of amides is 1. The van der Waals surface area contributed by atoms with Gasteiger partial charge in [0.1, 0.15) is 5.82 Å². The van der Waals surface area contributed by atoms with Crippen LogP contribution in [0, 0.1) is 19.7 Å². The van der Waals surface area contributed by atoms with Gasteiger partial charge < -0.3 is 5.32 Å². The summed E-state index contributed by atoms with van der Waals surface area (Å²) in [6.07, 6.45) is 0. The van der Waals surface area contributed by atoms with Crippen LogP contribution >= 0.6 is 46.6 Å². The molecule has 0 aliphatic rings. The number of benzene rings is 3. The topological polar surface area (TPSA) is 59.8 Å². The van der Waals surface area contributed by atoms with Crippen molar-refractivity contribution in [2.75, 3.05) is 11.1 Å². The second kappa shape index (κ2) is 10.4. The van der Waals surface area contributed by atoms with Crippen molar-refractivity contribution in [3.63, 3.8) is 0 Å². The van der Waals surface area contributed by atoms with Crippen molar-refractivity contribution in [3.8, 4) is 17.1 Å². The zero-order valence-corrected chi connectivity index (χ0v) is 21.2. The highest BCUT2D eigenvalue weighted by Crippen LogP contribution is 2.34. The second-order valence-electron chi connectivity index (χ2n) is 7.50. The molecule has 1 amide bonds. The van der Waals surface area contributed by atoms with Gasteiger partial charge in [0.15, 0.2) is 11.0 Å². The lowest BCUT2D eigenvalue weighted by atomic mass is 10.1. The predicted molar refractivity (Wildman–Crippen MR) is 137 cm³/mol. The van der Waals surface area contributed by atoms with Crippen molar-refractivity contribution in [3.05, 3.63) is 86.6 Å². The monoisotopic (exact) mass is 534 g/mol. The fourth-order valence-electron chi connectivity index (χ4n) is 3.21. The van der Waals surface area contributed by atoms with E-state index in [1.54, 1.807) is 28.8 Å². The van der Waals surface area contributed by atoms with Gasteiger partial charge >= 0.3 is 0 Å². The molecular weight excluding hydrogens is 518 g/mol. The Balaban J connectivity index is 1.65. The highest BCUT2D eigenvalue weighted by atomic mass is 35.5. The molecule has 0 saturated heterocycles. The Morgan fingerprint density at radius 1 is 0.971 bits per heavy atom. The minimum Gasteiger partial charge on any atom is -0.325 e. The average Bonchev–Trinajstić information content (AvgIpc) is 3.20. The summed E-state index contributed by atoms with van der Waals surface area (Å²) in [5, 5.41) is 12.6. The molecule has 3 aromatic carbocycles. The van der Waals surface area contributed by atoms with E-state index in [1.165, 1.54) is 23.9 Å². The van der Waals surface area contributed by atoms with Crippen LogP contribution in [0.4, 0.5) is 10.1 Å². The fourth-order valence-corrected chi connectivity index (χ4v) is 4.63. The molecule has 34 heavy (non-hydrogen) atoms. The van der Waals surface area contributed by atoms with Crippen LogP contribution in [0.3, 0.4) is 0 Å². The van der Waals surface area contributed by atoms with Gasteiger partial charge in [-0.2, -0.15) is 0 Å². The van der Waals surface area contributed by atoms with E-state index < -0.39 is 5.82 Å². The molecular formula is C24H18Cl3FN4OS. The van der Waals surface area contributed by atoms with Gasteiger partial charge in [-0.3, -0.25) is 9.36 Å². The highest BCUT2D eigenvalue weighted by Gasteiger charge is 2.20. The Kier molecular flexibility index (Phi) is 7.48. The first kappa shape index (κ1) is 24.5. The molecule has 1 N–H and O–H groups in total. The third-order valence-corrected chi connectivity index (χ3v) is 6.86. The SMILES string of the molecule is Cc1ccc(NC(=O)CSc2nnc(-c3ccc(Cl)cc3Cl)n2-c2ccc(F)c(Cl)c2)cc1C. The van der Waals surface area contributed by atoms with E-state index >= 15 is 0 Å². The van der Waals surface area contributed by atoms with Crippen molar-refractivity contribution in [2.45, 2.75) is 19.0 Å². The van der Waals surface area contributed by atoms with Gasteiger partial charge in [0, 0.05) is 16.3 Å². The number of rotatable bonds is 6. The molecule has 0 unspecified atom stereocenters. The van der Waals surface area contributed by atoms with Crippen LogP contribution in [-0.4, -0.2) is 26.4 Å². The Hall–Kier alpha value is -2.58. The number of thioether (sulfide) groups is 1. The zero-order valence-electron chi connectivity index (χ0n) is 18.1. The van der Waals surface area contributed by atoms with Crippen molar-refractivity contribution in [1.82, 2.24) is 14.8 Å². The Labute approximate surface area is 215 Å². The summed E-state index contributed by atoms with van der Waals surface area (Å²) in [7, 11) is 0. The maximum Gasteiger partial charge on any atom is 0.234 e. The van der Waals surface area contributed by atoms with Gasteiger partial charge in [-0.05, 0) is 73.5 Å². The number of carbonyl (C=O) groups is 1. The maximum atomic E-state index is 13.8. The minimum absolute atomic E-state index is 0.0530. The summed E-state index contributed by atoms with van der Waals surface area (Å²) in [6.45, 7) is 4.00. The number of hydrogen-bond donors (Lipinski definition) is 1. The van der Waals surface area contributed by atoms with E-state index in [-0.39, 0.29) is 16.7 Å². The predicted octanol–water partition coefficient (Wildman–Crippen LogP) is 7.38. The number of aryl methyl sites for hydroxylation is 2. The molecule has 0 fully saturated rings. The Bertz CT molecular complexity index is 1390. The summed E-state index contributed by atoms with van der Waals surface area (Å²) in [6, 6.07) is 15.0. The first-order valence-electron chi connectivity index (χ1n) is 10.1. The smallest absolute Gasteiger partial charge is 0.234 e. The van der Waals surface area contributed by atoms with Gasteiger partial charge in [-0.25, -0.2) is 4.39 Å². The van der Waals surface area contributed by atoms with Crippen LogP contribution in [-0.2, 0) is 4.79 Å². The second-order valence-corrected chi connectivity index (χ2v) is 9.69. The maximum absolute atomic E-state index is 13.8. The number of nitrogens with one attached hydrogen (secondary N) is 1. The van der Waals surface area contributed by atoms with Crippen LogP contribution in [0.2, 0.25) is 15.1 Å². The first-order valence-corrected chi connectivity index (χ1v) is 12.2. The first-order chi connectivity index (χ1) is 16.2. The molecule has 0 saturated carbocycles. The molecule has 0 aliphatic heterocycles. The lowest BCUT2D eigenvalue weighted by Crippen LogP contribution is -2.14. The zero-order chi connectivity index (χ0) is 24.4. The standard InChI is InChI=1S/C24H18Cl3FN4OS/c1-13-3-5-16(9-14(13)2)29-22(33)12-34-24-31-30-23(18-7-4-15(25)10-19(18)26)32(24)17-6-8-21(28)20(27)11-17/h3-11H,12H2,1-2H3,(H,29,33). The summed E-state index contributed by atoms with van der Waals surface area (Å²) in [4.78, 5) is 12.6. The number of halogens is 4. The summed E-state index contributed by atoms with van der Waals surface area (Å²) in [5.41, 5.74) is 4.05. The summed E-state index contributed by atoms with van der Waals surface area (Å²) < 4.78 is 15.5. The number of nitrogens with zero attached hydrogens (tertiary/aromatic N) is 3. The molecule has 0 radical (unpaired) electrons. The third-order valence-electron chi connectivity index (χ3n) is 5.09. The Morgan fingerprint density at radius 2 is 1.76 bits per heavy atom. The van der Waals surface area contributed by atoms with E-state index in [0.29, 0.717) is 38.0 Å². The van der Waals surface area contributed by atoms with Gasteiger partial charge in [0.05, 0.1) is 21.5 Å². The van der Waals surface area contributed by atoms with E-state index in [4.69, 9.17) is 34.8 Å². The van der Waals surface area contributed by atoms with Gasteiger partial charge in [-0.1, -0.05) is 52.6 Å². The molecule has 0 bridgehead atoms. The number of aromatic nitrogens is 3. The van der Waals surface area contributed by atoms with Gasteiger partial charge in [-0.15, -0.1) is 10.2 Å². The quantitative estimate of drug-likeness (QED) is 0.262. The summed E-state index contributed by atoms with van der Waals surface area (Å²) >= 11 is 19.7. The van der Waals surface area contributed by atoms with Crippen LogP contribution in [0.5, 0.6) is 0 Å². The number of hydrogen-bond acceptors (Lipinski definition) is 4. The molecule has 5 nitrogen and oxygen atoms in total. The van der Waals surface area contributed by atoms with Crippen molar-refractivity contribution in [1.29, 1.82) is 0 Å². The Morgan fingerprint density at radius 3 is 2.47 bits per heavy atom.